The van der Waals surface area contributed by atoms with Crippen LogP contribution in [0, 0.1) is 0 Å². The van der Waals surface area contributed by atoms with Gasteiger partial charge in [0.15, 0.2) is 0 Å². The Kier molecular flexibility index (Phi) is 3.55. The van der Waals surface area contributed by atoms with Crippen LogP contribution < -0.4 is 9.47 Å². The fraction of sp³-hybridized carbons (Fsp3) is 0.353. The minimum absolute atomic E-state index is 0.564. The highest BCUT2D eigenvalue weighted by Crippen LogP contribution is 2.38. The van der Waals surface area contributed by atoms with Crippen LogP contribution in [0.25, 0.3) is 0 Å². The predicted molar refractivity (Wildman–Crippen MR) is 79.7 cm³/mol. The first kappa shape index (κ1) is 13.9. The Labute approximate surface area is 124 Å². The van der Waals surface area contributed by atoms with Crippen LogP contribution >= 0.6 is 0 Å². The van der Waals surface area contributed by atoms with Crippen molar-refractivity contribution in [1.82, 2.24) is 4.98 Å². The smallest absolute Gasteiger partial charge is 0.137 e. The molecule has 1 aliphatic carbocycles. The summed E-state index contributed by atoms with van der Waals surface area (Å²) in [6, 6.07) is 7.92. The largest absolute Gasteiger partial charge is 0.497 e. The molecular formula is C17H19NO3. The topological polar surface area (TPSA) is 51.6 Å². The van der Waals surface area contributed by atoms with Crippen molar-refractivity contribution in [1.29, 1.82) is 0 Å². The molecule has 1 N–H and O–H groups in total. The number of methoxy groups -OCH3 is 2. The van der Waals surface area contributed by atoms with Crippen LogP contribution in [0.5, 0.6) is 11.5 Å². The summed E-state index contributed by atoms with van der Waals surface area (Å²) in [5.41, 5.74) is 2.30. The number of pyridine rings is 1. The first-order valence-corrected chi connectivity index (χ1v) is 7.02. The van der Waals surface area contributed by atoms with E-state index in [2.05, 4.69) is 11.1 Å². The SMILES string of the molecule is COc1cncc(C2(O)CCc3ccc(OC)cc3C2)c1. The molecule has 1 aliphatic rings. The molecule has 0 saturated heterocycles. The van der Waals surface area contributed by atoms with E-state index < -0.39 is 5.60 Å². The van der Waals surface area contributed by atoms with E-state index >= 15 is 0 Å². The number of aliphatic hydroxyl groups is 1. The van der Waals surface area contributed by atoms with Crippen LogP contribution in [0.1, 0.15) is 23.1 Å². The first-order chi connectivity index (χ1) is 10.1. The van der Waals surface area contributed by atoms with Crippen molar-refractivity contribution < 1.29 is 14.6 Å². The molecule has 0 amide bonds. The van der Waals surface area contributed by atoms with Crippen LogP contribution in [0.4, 0.5) is 0 Å². The third kappa shape index (κ3) is 2.59. The average molecular weight is 285 g/mol. The minimum Gasteiger partial charge on any atom is -0.497 e. The highest BCUT2D eigenvalue weighted by Gasteiger charge is 2.34. The van der Waals surface area contributed by atoms with E-state index in [0.717, 1.165) is 23.3 Å². The fourth-order valence-corrected chi connectivity index (χ4v) is 2.91. The standard InChI is InChI=1S/C17H19NO3/c1-20-15-4-3-12-5-6-17(19,9-13(12)7-15)14-8-16(21-2)11-18-10-14/h3-4,7-8,10-11,19H,5-6,9H2,1-2H3. The van der Waals surface area contributed by atoms with Gasteiger partial charge in [0.1, 0.15) is 11.5 Å². The molecule has 1 atom stereocenters. The van der Waals surface area contributed by atoms with Gasteiger partial charge in [-0.3, -0.25) is 4.98 Å². The number of hydrogen-bond acceptors (Lipinski definition) is 4. The molecule has 0 fully saturated rings. The summed E-state index contributed by atoms with van der Waals surface area (Å²) in [6.45, 7) is 0. The zero-order valence-corrected chi connectivity index (χ0v) is 12.3. The van der Waals surface area contributed by atoms with Gasteiger partial charge < -0.3 is 14.6 Å². The van der Waals surface area contributed by atoms with E-state index in [1.165, 1.54) is 5.56 Å². The Bertz CT molecular complexity index is 656. The number of fused-ring (bicyclic) bond motifs is 1. The van der Waals surface area contributed by atoms with Crippen LogP contribution in [0.15, 0.2) is 36.7 Å². The van der Waals surface area contributed by atoms with Crippen molar-refractivity contribution >= 4 is 0 Å². The molecule has 3 rings (SSSR count). The van der Waals surface area contributed by atoms with Gasteiger partial charge in [-0.2, -0.15) is 0 Å². The zero-order valence-electron chi connectivity index (χ0n) is 12.3. The molecule has 21 heavy (non-hydrogen) atoms. The summed E-state index contributed by atoms with van der Waals surface area (Å²) in [5, 5.41) is 11.0. The Morgan fingerprint density at radius 3 is 2.62 bits per heavy atom. The van der Waals surface area contributed by atoms with Gasteiger partial charge in [-0.15, -0.1) is 0 Å². The maximum absolute atomic E-state index is 11.0. The van der Waals surface area contributed by atoms with Crippen LogP contribution in [0.3, 0.4) is 0 Å². The molecule has 110 valence electrons. The molecule has 1 aromatic carbocycles. The lowest BCUT2D eigenvalue weighted by atomic mass is 9.77. The van der Waals surface area contributed by atoms with Crippen molar-refractivity contribution in [3.05, 3.63) is 53.3 Å². The molecule has 1 heterocycles. The summed E-state index contributed by atoms with van der Waals surface area (Å²) in [5.74, 6) is 1.49. The number of aryl methyl sites for hydroxylation is 1. The Morgan fingerprint density at radius 2 is 1.86 bits per heavy atom. The molecule has 0 spiro atoms. The highest BCUT2D eigenvalue weighted by molar-refractivity contribution is 5.41. The highest BCUT2D eigenvalue weighted by atomic mass is 16.5. The molecular weight excluding hydrogens is 266 g/mol. The average Bonchev–Trinajstić information content (AvgIpc) is 2.54. The van der Waals surface area contributed by atoms with Crippen molar-refractivity contribution in [2.45, 2.75) is 24.9 Å². The van der Waals surface area contributed by atoms with Crippen LogP contribution in [0.2, 0.25) is 0 Å². The summed E-state index contributed by atoms with van der Waals surface area (Å²) in [7, 11) is 3.26. The maximum atomic E-state index is 11.0. The van der Waals surface area contributed by atoms with Crippen molar-refractivity contribution in [3.8, 4) is 11.5 Å². The second-order valence-electron chi connectivity index (χ2n) is 5.46. The summed E-state index contributed by atoms with van der Waals surface area (Å²) in [6.07, 6.45) is 5.45. The summed E-state index contributed by atoms with van der Waals surface area (Å²) in [4.78, 5) is 4.16. The number of nitrogens with zero attached hydrogens (tertiary/aromatic N) is 1. The van der Waals surface area contributed by atoms with E-state index in [-0.39, 0.29) is 0 Å². The number of benzene rings is 1. The Balaban J connectivity index is 1.96. The van der Waals surface area contributed by atoms with E-state index in [4.69, 9.17) is 9.47 Å². The normalized spacial score (nSPS) is 20.7. The lowest BCUT2D eigenvalue weighted by Crippen LogP contribution is -2.33. The van der Waals surface area contributed by atoms with E-state index in [9.17, 15) is 5.11 Å². The van der Waals surface area contributed by atoms with Crippen molar-refractivity contribution in [3.63, 3.8) is 0 Å². The van der Waals surface area contributed by atoms with E-state index in [1.54, 1.807) is 26.6 Å². The minimum atomic E-state index is -0.902. The molecule has 4 nitrogen and oxygen atoms in total. The van der Waals surface area contributed by atoms with E-state index in [1.807, 2.05) is 18.2 Å². The first-order valence-electron chi connectivity index (χ1n) is 7.02. The monoisotopic (exact) mass is 285 g/mol. The molecule has 2 aromatic rings. The van der Waals surface area contributed by atoms with Gasteiger partial charge >= 0.3 is 0 Å². The van der Waals surface area contributed by atoms with E-state index in [0.29, 0.717) is 18.6 Å². The third-order valence-electron chi connectivity index (χ3n) is 4.19. The summed E-state index contributed by atoms with van der Waals surface area (Å²) < 4.78 is 10.5. The van der Waals surface area contributed by atoms with Gasteiger partial charge in [-0.05, 0) is 42.2 Å². The second-order valence-corrected chi connectivity index (χ2v) is 5.46. The second kappa shape index (κ2) is 5.37. The van der Waals surface area contributed by atoms with Gasteiger partial charge in [-0.25, -0.2) is 0 Å². The molecule has 4 heteroatoms. The van der Waals surface area contributed by atoms with Gasteiger partial charge in [0.05, 0.1) is 26.0 Å². The number of rotatable bonds is 3. The Hall–Kier alpha value is -2.07. The van der Waals surface area contributed by atoms with Crippen LogP contribution in [-0.2, 0) is 18.4 Å². The van der Waals surface area contributed by atoms with Gasteiger partial charge in [0, 0.05) is 18.2 Å². The summed E-state index contributed by atoms with van der Waals surface area (Å²) >= 11 is 0. The van der Waals surface area contributed by atoms with Gasteiger partial charge in [0.2, 0.25) is 0 Å². The number of ether oxygens (including phenoxy) is 2. The maximum Gasteiger partial charge on any atom is 0.137 e. The zero-order chi connectivity index (χ0) is 14.9. The quantitative estimate of drug-likeness (QED) is 0.941. The number of aromatic nitrogens is 1. The molecule has 0 bridgehead atoms. The van der Waals surface area contributed by atoms with Crippen molar-refractivity contribution in [2.75, 3.05) is 14.2 Å². The predicted octanol–water partition coefficient (Wildman–Crippen LogP) is 2.48. The molecule has 0 radical (unpaired) electrons. The molecule has 1 aromatic heterocycles. The van der Waals surface area contributed by atoms with Gasteiger partial charge in [0.25, 0.3) is 0 Å². The lowest BCUT2D eigenvalue weighted by molar-refractivity contribution is 0.0217. The number of hydrogen-bond donors (Lipinski definition) is 1. The lowest BCUT2D eigenvalue weighted by Gasteiger charge is -2.34. The Morgan fingerprint density at radius 1 is 1.05 bits per heavy atom. The van der Waals surface area contributed by atoms with Gasteiger partial charge in [-0.1, -0.05) is 6.07 Å². The third-order valence-corrected chi connectivity index (χ3v) is 4.19. The fourth-order valence-electron chi connectivity index (χ4n) is 2.91. The van der Waals surface area contributed by atoms with Crippen molar-refractivity contribution in [2.24, 2.45) is 0 Å². The molecule has 0 saturated carbocycles. The van der Waals surface area contributed by atoms with Crippen LogP contribution in [-0.4, -0.2) is 24.3 Å². The molecule has 1 unspecified atom stereocenters. The molecule has 0 aliphatic heterocycles.